The minimum absolute atomic E-state index is 0.315. The minimum atomic E-state index is 0.315. The van der Waals surface area contributed by atoms with Crippen LogP contribution in [0.4, 0.5) is 0 Å². The van der Waals surface area contributed by atoms with Crippen LogP contribution in [0.25, 0.3) is 0 Å². The van der Waals surface area contributed by atoms with E-state index < -0.39 is 0 Å². The fraction of sp³-hybridized carbons (Fsp3) is 0.923. The topological polar surface area (TPSA) is 44.3 Å². The molecule has 4 heteroatoms. The molecule has 1 aliphatic carbocycles. The molecule has 1 aliphatic rings. The Bertz CT molecular complexity index is 206. The minimum Gasteiger partial charge on any atom is -0.396 e. The average molecular weight is 258 g/mol. The summed E-state index contributed by atoms with van der Waals surface area (Å²) in [5.74, 6) is 0. The predicted octanol–water partition coefficient (Wildman–Crippen LogP) is 2.34. The Hall–Kier alpha value is -0.350. The van der Waals surface area contributed by atoms with E-state index in [9.17, 15) is 0 Å². The number of aliphatic hydroxyl groups excluding tert-OH is 1. The van der Waals surface area contributed by atoms with Crippen LogP contribution in [-0.2, 0) is 0 Å². The Morgan fingerprint density at radius 1 is 1.06 bits per heavy atom. The van der Waals surface area contributed by atoms with Gasteiger partial charge in [0.2, 0.25) is 0 Å². The molecule has 0 heterocycles. The van der Waals surface area contributed by atoms with E-state index >= 15 is 0 Å². The zero-order valence-electron chi connectivity index (χ0n) is 10.7. The monoisotopic (exact) mass is 258 g/mol. The van der Waals surface area contributed by atoms with Crippen LogP contribution < -0.4 is 10.6 Å². The van der Waals surface area contributed by atoms with Gasteiger partial charge in [-0.3, -0.25) is 0 Å². The molecule has 3 N–H and O–H groups in total. The van der Waals surface area contributed by atoms with E-state index in [0.29, 0.717) is 12.6 Å². The smallest absolute Gasteiger partial charge is 0.166 e. The van der Waals surface area contributed by atoms with Gasteiger partial charge in [0.05, 0.1) is 0 Å². The second kappa shape index (κ2) is 9.66. The zero-order chi connectivity index (χ0) is 12.3. The average Bonchev–Trinajstić information content (AvgIpc) is 2.35. The summed E-state index contributed by atoms with van der Waals surface area (Å²) in [4.78, 5) is 0. The summed E-state index contributed by atoms with van der Waals surface area (Å²) in [6.45, 7) is 1.26. The Morgan fingerprint density at radius 2 is 1.76 bits per heavy atom. The van der Waals surface area contributed by atoms with Crippen LogP contribution in [0, 0.1) is 0 Å². The van der Waals surface area contributed by atoms with Gasteiger partial charge in [0.15, 0.2) is 5.11 Å². The Kier molecular flexibility index (Phi) is 8.36. The molecule has 0 radical (unpaired) electrons. The van der Waals surface area contributed by atoms with Crippen molar-refractivity contribution in [2.45, 2.75) is 63.8 Å². The van der Waals surface area contributed by atoms with Gasteiger partial charge in [0, 0.05) is 19.2 Å². The first kappa shape index (κ1) is 14.7. The first-order valence-electron chi connectivity index (χ1n) is 6.98. The SMILES string of the molecule is OCCCCCCNC(=S)NC1CCCCC1. The van der Waals surface area contributed by atoms with Gasteiger partial charge < -0.3 is 15.7 Å². The fourth-order valence-electron chi connectivity index (χ4n) is 2.28. The van der Waals surface area contributed by atoms with Crippen LogP contribution in [0.15, 0.2) is 0 Å². The molecule has 0 saturated heterocycles. The van der Waals surface area contributed by atoms with Crippen LogP contribution in [0.3, 0.4) is 0 Å². The molecular formula is C13H26N2OS. The lowest BCUT2D eigenvalue weighted by molar-refractivity contribution is 0.282. The predicted molar refractivity (Wildman–Crippen MR) is 76.2 cm³/mol. The van der Waals surface area contributed by atoms with Crippen molar-refractivity contribution in [3.8, 4) is 0 Å². The van der Waals surface area contributed by atoms with Crippen molar-refractivity contribution in [2.75, 3.05) is 13.2 Å². The van der Waals surface area contributed by atoms with Gasteiger partial charge in [-0.05, 0) is 37.9 Å². The van der Waals surface area contributed by atoms with E-state index in [2.05, 4.69) is 10.6 Å². The highest BCUT2D eigenvalue weighted by molar-refractivity contribution is 7.80. The van der Waals surface area contributed by atoms with Gasteiger partial charge in [-0.15, -0.1) is 0 Å². The van der Waals surface area contributed by atoms with Crippen LogP contribution in [-0.4, -0.2) is 29.4 Å². The fourth-order valence-corrected chi connectivity index (χ4v) is 2.54. The van der Waals surface area contributed by atoms with Crippen molar-refractivity contribution >= 4 is 17.3 Å². The maximum atomic E-state index is 8.65. The van der Waals surface area contributed by atoms with Gasteiger partial charge in [-0.2, -0.15) is 0 Å². The molecule has 0 aromatic carbocycles. The van der Waals surface area contributed by atoms with Crippen LogP contribution >= 0.6 is 12.2 Å². The van der Waals surface area contributed by atoms with E-state index in [-0.39, 0.29) is 0 Å². The van der Waals surface area contributed by atoms with E-state index in [1.165, 1.54) is 38.5 Å². The van der Waals surface area contributed by atoms with Crippen molar-refractivity contribution in [3.05, 3.63) is 0 Å². The Labute approximate surface area is 110 Å². The molecule has 0 unspecified atom stereocenters. The lowest BCUT2D eigenvalue weighted by Crippen LogP contribution is -2.42. The van der Waals surface area contributed by atoms with Crippen molar-refractivity contribution in [1.29, 1.82) is 0 Å². The van der Waals surface area contributed by atoms with Crippen LogP contribution in [0.5, 0.6) is 0 Å². The first-order valence-corrected chi connectivity index (χ1v) is 7.39. The zero-order valence-corrected chi connectivity index (χ0v) is 11.5. The standard InChI is InChI=1S/C13H26N2OS/c16-11-7-2-1-6-10-14-13(17)15-12-8-4-3-5-9-12/h12,16H,1-11H2,(H2,14,15,17). The first-order chi connectivity index (χ1) is 8.33. The summed E-state index contributed by atoms with van der Waals surface area (Å²) < 4.78 is 0. The molecule has 0 aromatic rings. The highest BCUT2D eigenvalue weighted by Crippen LogP contribution is 2.17. The summed E-state index contributed by atoms with van der Waals surface area (Å²) >= 11 is 5.27. The van der Waals surface area contributed by atoms with Gasteiger partial charge in [-0.1, -0.05) is 32.1 Å². The van der Waals surface area contributed by atoms with Gasteiger partial charge in [-0.25, -0.2) is 0 Å². The van der Waals surface area contributed by atoms with E-state index in [1.54, 1.807) is 0 Å². The number of rotatable bonds is 7. The normalized spacial score (nSPS) is 16.8. The van der Waals surface area contributed by atoms with Crippen molar-refractivity contribution in [1.82, 2.24) is 10.6 Å². The third kappa shape index (κ3) is 7.55. The van der Waals surface area contributed by atoms with Crippen LogP contribution in [0.2, 0.25) is 0 Å². The third-order valence-electron chi connectivity index (χ3n) is 3.31. The van der Waals surface area contributed by atoms with E-state index in [1.807, 2.05) is 0 Å². The van der Waals surface area contributed by atoms with Crippen molar-refractivity contribution in [3.63, 3.8) is 0 Å². The molecule has 0 aliphatic heterocycles. The number of nitrogens with one attached hydrogen (secondary N) is 2. The molecular weight excluding hydrogens is 232 g/mol. The number of hydrogen-bond acceptors (Lipinski definition) is 2. The summed E-state index contributed by atoms with van der Waals surface area (Å²) in [5.41, 5.74) is 0. The molecule has 0 atom stereocenters. The lowest BCUT2D eigenvalue weighted by Gasteiger charge is -2.24. The molecule has 3 nitrogen and oxygen atoms in total. The quantitative estimate of drug-likeness (QED) is 0.484. The molecule has 1 rings (SSSR count). The van der Waals surface area contributed by atoms with Crippen molar-refractivity contribution < 1.29 is 5.11 Å². The summed E-state index contributed by atoms with van der Waals surface area (Å²) in [7, 11) is 0. The van der Waals surface area contributed by atoms with Gasteiger partial charge in [0.1, 0.15) is 0 Å². The van der Waals surface area contributed by atoms with Crippen molar-refractivity contribution in [2.24, 2.45) is 0 Å². The molecule has 100 valence electrons. The van der Waals surface area contributed by atoms with Gasteiger partial charge >= 0.3 is 0 Å². The molecule has 1 fully saturated rings. The summed E-state index contributed by atoms with van der Waals surface area (Å²) in [5, 5.41) is 16.1. The largest absolute Gasteiger partial charge is 0.396 e. The van der Waals surface area contributed by atoms with Crippen LogP contribution in [0.1, 0.15) is 57.8 Å². The molecule has 17 heavy (non-hydrogen) atoms. The Morgan fingerprint density at radius 3 is 2.47 bits per heavy atom. The highest BCUT2D eigenvalue weighted by atomic mass is 32.1. The lowest BCUT2D eigenvalue weighted by atomic mass is 9.96. The molecule has 0 amide bonds. The molecule has 0 bridgehead atoms. The number of thiocarbonyl (C=S) groups is 1. The maximum absolute atomic E-state index is 8.65. The second-order valence-corrected chi connectivity index (χ2v) is 5.28. The number of unbranched alkanes of at least 4 members (excludes halogenated alkanes) is 3. The number of aliphatic hydroxyl groups is 1. The van der Waals surface area contributed by atoms with Gasteiger partial charge in [0.25, 0.3) is 0 Å². The summed E-state index contributed by atoms with van der Waals surface area (Å²) in [6.07, 6.45) is 10.9. The second-order valence-electron chi connectivity index (χ2n) is 4.87. The number of hydrogen-bond donors (Lipinski definition) is 3. The highest BCUT2D eigenvalue weighted by Gasteiger charge is 2.13. The van der Waals surface area contributed by atoms with E-state index in [4.69, 9.17) is 17.3 Å². The molecule has 0 aromatic heterocycles. The molecule has 0 spiro atoms. The maximum Gasteiger partial charge on any atom is 0.166 e. The third-order valence-corrected chi connectivity index (χ3v) is 3.57. The Balaban J connectivity index is 1.93. The molecule has 1 saturated carbocycles. The van der Waals surface area contributed by atoms with E-state index in [0.717, 1.165) is 30.9 Å². The summed E-state index contributed by atoms with van der Waals surface area (Å²) in [6, 6.07) is 0.595.